The first-order valence-corrected chi connectivity index (χ1v) is 4.94. The minimum Gasteiger partial charge on any atom is -0.395 e. The lowest BCUT2D eigenvalue weighted by molar-refractivity contribution is 0.112. The van der Waals surface area contributed by atoms with Crippen LogP contribution in [0.3, 0.4) is 0 Å². The maximum Gasteiger partial charge on any atom is 0.155 e. The van der Waals surface area contributed by atoms with Crippen molar-refractivity contribution in [3.63, 3.8) is 0 Å². The van der Waals surface area contributed by atoms with E-state index in [2.05, 4.69) is 0 Å². The summed E-state index contributed by atoms with van der Waals surface area (Å²) in [6.45, 7) is -1.04. The summed E-state index contributed by atoms with van der Waals surface area (Å²) in [4.78, 5) is 0. The first-order valence-electron chi connectivity index (χ1n) is 3.12. The van der Waals surface area contributed by atoms with Crippen LogP contribution in [0, 0.1) is 0 Å². The predicted molar refractivity (Wildman–Crippen MR) is 38.8 cm³/mol. The third-order valence-corrected chi connectivity index (χ3v) is 2.76. The summed E-state index contributed by atoms with van der Waals surface area (Å²) in [5.74, 6) is -0.867. The summed E-state index contributed by atoms with van der Waals surface area (Å²) in [7, 11) is -3.40. The zero-order valence-corrected chi connectivity index (χ0v) is 6.79. The molecular weight excluding hydrogens is 172 g/mol. The molecule has 0 aliphatic rings. The maximum absolute atomic E-state index is 10.8. The monoisotopic (exact) mass is 184 g/mol. The molecule has 1 atom stereocenters. The van der Waals surface area contributed by atoms with Crippen molar-refractivity contribution in [3.05, 3.63) is 0 Å². The Labute approximate surface area is 65.2 Å². The molecule has 3 N–H and O–H groups in total. The van der Waals surface area contributed by atoms with Crippen LogP contribution in [0.5, 0.6) is 0 Å². The van der Waals surface area contributed by atoms with Gasteiger partial charge in [0.25, 0.3) is 0 Å². The predicted octanol–water partition coefficient (Wildman–Crippen LogP) is -2.25. The van der Waals surface area contributed by atoms with Gasteiger partial charge in [0.1, 0.15) is 0 Å². The Hall–Kier alpha value is -0.170. The molecular formula is C5H12O5S. The van der Waals surface area contributed by atoms with Gasteiger partial charge in [0, 0.05) is 0 Å². The smallest absolute Gasteiger partial charge is 0.155 e. The highest BCUT2D eigenvalue weighted by Gasteiger charge is 2.15. The normalized spacial score (nSPS) is 14.8. The second-order valence-electron chi connectivity index (χ2n) is 2.17. The number of hydrogen-bond acceptors (Lipinski definition) is 5. The molecule has 0 aromatic rings. The summed E-state index contributed by atoms with van der Waals surface area (Å²) in [5.41, 5.74) is 0. The molecule has 11 heavy (non-hydrogen) atoms. The summed E-state index contributed by atoms with van der Waals surface area (Å²) in [6.07, 6.45) is -1.24. The number of sulfone groups is 1. The van der Waals surface area contributed by atoms with Crippen molar-refractivity contribution in [1.82, 2.24) is 0 Å². The molecule has 0 amide bonds. The Bertz CT molecular complexity index is 185. The topological polar surface area (TPSA) is 94.8 Å². The third kappa shape index (κ3) is 5.14. The van der Waals surface area contributed by atoms with E-state index in [1.807, 2.05) is 0 Å². The maximum atomic E-state index is 10.8. The summed E-state index contributed by atoms with van der Waals surface area (Å²) in [6, 6.07) is 0. The lowest BCUT2D eigenvalue weighted by Gasteiger charge is -2.06. The van der Waals surface area contributed by atoms with E-state index in [-0.39, 0.29) is 5.75 Å². The summed E-state index contributed by atoms with van der Waals surface area (Å²) >= 11 is 0. The minimum absolute atomic E-state index is 0.371. The number of aliphatic hydroxyl groups is 3. The van der Waals surface area contributed by atoms with E-state index in [0.717, 1.165) is 0 Å². The van der Waals surface area contributed by atoms with Crippen molar-refractivity contribution in [2.24, 2.45) is 0 Å². The molecule has 6 heteroatoms. The van der Waals surface area contributed by atoms with Crippen molar-refractivity contribution < 1.29 is 23.7 Å². The van der Waals surface area contributed by atoms with Crippen LogP contribution >= 0.6 is 0 Å². The van der Waals surface area contributed by atoms with Gasteiger partial charge in [0.15, 0.2) is 9.84 Å². The van der Waals surface area contributed by atoms with Crippen LogP contribution in [0.1, 0.15) is 0 Å². The van der Waals surface area contributed by atoms with Crippen molar-refractivity contribution in [2.75, 3.05) is 24.7 Å². The van der Waals surface area contributed by atoms with E-state index in [1.54, 1.807) is 0 Å². The van der Waals surface area contributed by atoms with Gasteiger partial charge in [-0.15, -0.1) is 0 Å². The lowest BCUT2D eigenvalue weighted by Crippen LogP contribution is -2.26. The first kappa shape index (κ1) is 10.8. The minimum atomic E-state index is -3.40. The molecule has 0 saturated heterocycles. The third-order valence-electron chi connectivity index (χ3n) is 1.06. The Balaban J connectivity index is 3.92. The fourth-order valence-corrected chi connectivity index (χ4v) is 1.70. The van der Waals surface area contributed by atoms with Gasteiger partial charge in [-0.25, -0.2) is 8.42 Å². The van der Waals surface area contributed by atoms with Crippen LogP contribution < -0.4 is 0 Å². The molecule has 0 heterocycles. The SMILES string of the molecule is O=S(=O)(CCO)CC(O)CO. The molecule has 0 rings (SSSR count). The van der Waals surface area contributed by atoms with Crippen LogP contribution in [0.15, 0.2) is 0 Å². The molecule has 0 bridgehead atoms. The van der Waals surface area contributed by atoms with Crippen molar-refractivity contribution >= 4 is 9.84 Å². The van der Waals surface area contributed by atoms with Crippen molar-refractivity contribution in [2.45, 2.75) is 6.10 Å². The van der Waals surface area contributed by atoms with Gasteiger partial charge in [0.05, 0.1) is 30.8 Å². The lowest BCUT2D eigenvalue weighted by atomic mass is 10.4. The van der Waals surface area contributed by atoms with E-state index in [9.17, 15) is 8.42 Å². The van der Waals surface area contributed by atoms with Crippen molar-refractivity contribution in [3.8, 4) is 0 Å². The highest BCUT2D eigenvalue weighted by molar-refractivity contribution is 7.91. The number of hydrogen-bond donors (Lipinski definition) is 3. The summed E-state index contributed by atoms with van der Waals surface area (Å²) < 4.78 is 21.5. The van der Waals surface area contributed by atoms with Gasteiger partial charge in [0.2, 0.25) is 0 Å². The molecule has 0 aliphatic carbocycles. The van der Waals surface area contributed by atoms with Crippen LogP contribution in [-0.2, 0) is 9.84 Å². The fraction of sp³-hybridized carbons (Fsp3) is 1.00. The highest BCUT2D eigenvalue weighted by atomic mass is 32.2. The molecule has 0 aromatic carbocycles. The quantitative estimate of drug-likeness (QED) is 0.448. The second-order valence-corrected chi connectivity index (χ2v) is 4.40. The van der Waals surface area contributed by atoms with Gasteiger partial charge < -0.3 is 15.3 Å². The van der Waals surface area contributed by atoms with Crippen LogP contribution in [0.4, 0.5) is 0 Å². The van der Waals surface area contributed by atoms with E-state index >= 15 is 0 Å². The fourth-order valence-electron chi connectivity index (χ4n) is 0.568. The van der Waals surface area contributed by atoms with Gasteiger partial charge in [-0.2, -0.15) is 0 Å². The molecule has 0 aliphatic heterocycles. The Morgan fingerprint density at radius 1 is 1.27 bits per heavy atom. The van der Waals surface area contributed by atoms with Crippen molar-refractivity contribution in [1.29, 1.82) is 0 Å². The Morgan fingerprint density at radius 3 is 2.18 bits per heavy atom. The van der Waals surface area contributed by atoms with E-state index in [0.29, 0.717) is 0 Å². The largest absolute Gasteiger partial charge is 0.395 e. The van der Waals surface area contributed by atoms with Crippen LogP contribution in [-0.4, -0.2) is 54.6 Å². The van der Waals surface area contributed by atoms with Crippen LogP contribution in [0.25, 0.3) is 0 Å². The molecule has 0 fully saturated rings. The molecule has 1 unspecified atom stereocenters. The second kappa shape index (κ2) is 4.66. The summed E-state index contributed by atoms with van der Waals surface area (Å²) in [5, 5.41) is 25.3. The number of rotatable bonds is 5. The standard InChI is InChI=1S/C5H12O5S/c6-1-2-11(9,10)4-5(8)3-7/h5-8H,1-4H2. The number of aliphatic hydroxyl groups excluding tert-OH is 3. The molecule has 0 radical (unpaired) electrons. The van der Waals surface area contributed by atoms with E-state index < -0.39 is 34.9 Å². The molecule has 0 saturated carbocycles. The van der Waals surface area contributed by atoms with E-state index in [1.165, 1.54) is 0 Å². The Morgan fingerprint density at radius 2 is 1.82 bits per heavy atom. The van der Waals surface area contributed by atoms with Crippen LogP contribution in [0.2, 0.25) is 0 Å². The molecule has 0 spiro atoms. The molecule has 5 nitrogen and oxygen atoms in total. The van der Waals surface area contributed by atoms with Gasteiger partial charge in [-0.05, 0) is 0 Å². The average molecular weight is 184 g/mol. The van der Waals surface area contributed by atoms with Gasteiger partial charge in [-0.3, -0.25) is 0 Å². The molecule has 68 valence electrons. The Kier molecular flexibility index (Phi) is 4.58. The zero-order chi connectivity index (χ0) is 8.91. The first-order chi connectivity index (χ1) is 5.02. The highest BCUT2D eigenvalue weighted by Crippen LogP contribution is 1.93. The van der Waals surface area contributed by atoms with E-state index in [4.69, 9.17) is 15.3 Å². The average Bonchev–Trinajstić information content (AvgIpc) is 1.86. The van der Waals surface area contributed by atoms with Gasteiger partial charge >= 0.3 is 0 Å². The zero-order valence-electron chi connectivity index (χ0n) is 5.97. The van der Waals surface area contributed by atoms with Gasteiger partial charge in [-0.1, -0.05) is 0 Å². The molecule has 0 aromatic heterocycles.